The molecule has 3 saturated heterocycles. The highest BCUT2D eigenvalue weighted by Gasteiger charge is 2.33. The first-order chi connectivity index (χ1) is 8.25. The van der Waals surface area contributed by atoms with Crippen LogP contribution in [0.3, 0.4) is 0 Å². The minimum Gasteiger partial charge on any atom is -0.333 e. The second-order valence-electron chi connectivity index (χ2n) is 4.65. The Labute approximate surface area is 105 Å². The quantitative estimate of drug-likeness (QED) is 0.813. The third-order valence-electron chi connectivity index (χ3n) is 3.71. The lowest BCUT2D eigenvalue weighted by atomic mass is 10.1. The van der Waals surface area contributed by atoms with Crippen LogP contribution < -0.4 is 0 Å². The average molecular weight is 255 g/mol. The molecule has 2 bridgehead atoms. The molecule has 1 aromatic rings. The van der Waals surface area contributed by atoms with Gasteiger partial charge in [0, 0.05) is 38.4 Å². The third kappa shape index (κ3) is 1.93. The molecule has 5 nitrogen and oxygen atoms in total. The molecule has 1 aromatic heterocycles. The van der Waals surface area contributed by atoms with Crippen molar-refractivity contribution in [1.82, 2.24) is 20.0 Å². The molecule has 92 valence electrons. The number of amides is 1. The number of rotatable bonds is 1. The van der Waals surface area contributed by atoms with Gasteiger partial charge in [-0.05, 0) is 12.8 Å². The summed E-state index contributed by atoms with van der Waals surface area (Å²) in [4.78, 5) is 16.7. The average Bonchev–Trinajstić information content (AvgIpc) is 2.58. The van der Waals surface area contributed by atoms with Gasteiger partial charge >= 0.3 is 0 Å². The zero-order chi connectivity index (χ0) is 11.8. The van der Waals surface area contributed by atoms with Gasteiger partial charge in [0.15, 0.2) is 5.69 Å². The highest BCUT2D eigenvalue weighted by molar-refractivity contribution is 6.33. The Hall–Kier alpha value is -1.07. The standard InChI is InChI=1S/C11H15ClN4O/c12-9-7-13-14-10(9)11(17)16-6-5-15-3-1-8(16)2-4-15/h7-8H,1-6H2,(H,13,14). The molecule has 0 atom stereocenters. The van der Waals surface area contributed by atoms with Gasteiger partial charge in [0.05, 0.1) is 5.02 Å². The summed E-state index contributed by atoms with van der Waals surface area (Å²) in [5.74, 6) is -0.0370. The van der Waals surface area contributed by atoms with Gasteiger partial charge in [-0.3, -0.25) is 9.89 Å². The van der Waals surface area contributed by atoms with E-state index in [1.165, 1.54) is 0 Å². The monoisotopic (exact) mass is 254 g/mol. The van der Waals surface area contributed by atoms with Crippen molar-refractivity contribution < 1.29 is 4.79 Å². The Bertz CT molecular complexity index is 425. The van der Waals surface area contributed by atoms with Gasteiger partial charge in [-0.1, -0.05) is 11.6 Å². The molecule has 0 saturated carbocycles. The highest BCUT2D eigenvalue weighted by atomic mass is 35.5. The predicted molar refractivity (Wildman–Crippen MR) is 64.1 cm³/mol. The number of carbonyl (C=O) groups is 1. The largest absolute Gasteiger partial charge is 0.333 e. The molecule has 6 heteroatoms. The summed E-state index contributed by atoms with van der Waals surface area (Å²) in [5, 5.41) is 6.99. The van der Waals surface area contributed by atoms with Gasteiger partial charge in [0.1, 0.15) is 0 Å². The fourth-order valence-corrected chi connectivity index (χ4v) is 2.89. The first-order valence-corrected chi connectivity index (χ1v) is 6.36. The predicted octanol–water partition coefficient (Wildman–Crippen LogP) is 0.983. The van der Waals surface area contributed by atoms with Gasteiger partial charge in [-0.25, -0.2) is 0 Å². The minimum absolute atomic E-state index is 0.0370. The summed E-state index contributed by atoms with van der Waals surface area (Å²) in [6.07, 6.45) is 3.68. The van der Waals surface area contributed by atoms with E-state index in [0.29, 0.717) is 16.8 Å². The van der Waals surface area contributed by atoms with Crippen molar-refractivity contribution in [2.45, 2.75) is 18.9 Å². The van der Waals surface area contributed by atoms with Gasteiger partial charge < -0.3 is 9.80 Å². The fraction of sp³-hybridized carbons (Fsp3) is 0.636. The Balaban J connectivity index is 1.84. The maximum atomic E-state index is 12.4. The SMILES string of the molecule is O=C(c1n[nH]cc1Cl)N1CCN2CCC1CC2. The maximum absolute atomic E-state index is 12.4. The van der Waals surface area contributed by atoms with Crippen molar-refractivity contribution in [3.63, 3.8) is 0 Å². The van der Waals surface area contributed by atoms with Crippen molar-refractivity contribution in [3.05, 3.63) is 16.9 Å². The summed E-state index contributed by atoms with van der Waals surface area (Å²) in [7, 11) is 0. The van der Waals surface area contributed by atoms with Gasteiger partial charge in [0.25, 0.3) is 5.91 Å². The summed E-state index contributed by atoms with van der Waals surface area (Å²) < 4.78 is 0. The Morgan fingerprint density at radius 2 is 2.12 bits per heavy atom. The molecule has 4 heterocycles. The van der Waals surface area contributed by atoms with Crippen molar-refractivity contribution in [3.8, 4) is 0 Å². The Morgan fingerprint density at radius 1 is 1.35 bits per heavy atom. The number of aromatic nitrogens is 2. The van der Waals surface area contributed by atoms with Crippen LogP contribution in [-0.4, -0.2) is 58.1 Å². The molecule has 1 amide bonds. The lowest BCUT2D eigenvalue weighted by molar-refractivity contribution is 0.0679. The second-order valence-corrected chi connectivity index (χ2v) is 5.06. The van der Waals surface area contributed by atoms with Crippen LogP contribution in [-0.2, 0) is 0 Å². The number of nitrogens with one attached hydrogen (secondary N) is 1. The molecule has 1 N–H and O–H groups in total. The summed E-state index contributed by atoms with van der Waals surface area (Å²) in [5.41, 5.74) is 0.354. The molecular weight excluding hydrogens is 240 g/mol. The maximum Gasteiger partial charge on any atom is 0.276 e. The van der Waals surface area contributed by atoms with Crippen molar-refractivity contribution in [2.24, 2.45) is 0 Å². The van der Waals surface area contributed by atoms with E-state index in [0.717, 1.165) is 39.0 Å². The van der Waals surface area contributed by atoms with E-state index in [2.05, 4.69) is 15.1 Å². The number of hydrogen-bond acceptors (Lipinski definition) is 3. The van der Waals surface area contributed by atoms with Gasteiger partial charge in [0.2, 0.25) is 0 Å². The number of halogens is 1. The normalized spacial score (nSPS) is 28.2. The number of piperidine rings is 1. The van der Waals surface area contributed by atoms with Crippen LogP contribution in [0.2, 0.25) is 5.02 Å². The van der Waals surface area contributed by atoms with E-state index in [1.807, 2.05) is 4.90 Å². The topological polar surface area (TPSA) is 52.2 Å². The van der Waals surface area contributed by atoms with Gasteiger partial charge in [-0.15, -0.1) is 0 Å². The number of carbonyl (C=O) groups excluding carboxylic acids is 1. The zero-order valence-corrected chi connectivity index (χ0v) is 10.3. The number of aromatic amines is 1. The number of H-pyrrole nitrogens is 1. The molecule has 0 spiro atoms. The zero-order valence-electron chi connectivity index (χ0n) is 9.53. The molecule has 3 aliphatic rings. The van der Waals surface area contributed by atoms with Gasteiger partial charge in [-0.2, -0.15) is 5.10 Å². The molecule has 3 fully saturated rings. The highest BCUT2D eigenvalue weighted by Crippen LogP contribution is 2.23. The van der Waals surface area contributed by atoms with Crippen molar-refractivity contribution in [1.29, 1.82) is 0 Å². The van der Waals surface area contributed by atoms with E-state index in [4.69, 9.17) is 11.6 Å². The smallest absolute Gasteiger partial charge is 0.276 e. The molecule has 4 rings (SSSR count). The first-order valence-electron chi connectivity index (χ1n) is 5.98. The summed E-state index contributed by atoms with van der Waals surface area (Å²) in [6.45, 7) is 3.95. The van der Waals surface area contributed by atoms with Crippen LogP contribution in [0.25, 0.3) is 0 Å². The minimum atomic E-state index is -0.0370. The van der Waals surface area contributed by atoms with E-state index >= 15 is 0 Å². The lowest BCUT2D eigenvalue weighted by Crippen LogP contribution is -2.41. The van der Waals surface area contributed by atoms with Crippen molar-refractivity contribution >= 4 is 17.5 Å². The molecule has 17 heavy (non-hydrogen) atoms. The van der Waals surface area contributed by atoms with E-state index in [9.17, 15) is 4.79 Å². The lowest BCUT2D eigenvalue weighted by Gasteiger charge is -2.31. The van der Waals surface area contributed by atoms with Crippen LogP contribution in [0, 0.1) is 0 Å². The van der Waals surface area contributed by atoms with Crippen LogP contribution in [0.4, 0.5) is 0 Å². The van der Waals surface area contributed by atoms with Crippen molar-refractivity contribution in [2.75, 3.05) is 26.2 Å². The van der Waals surface area contributed by atoms with E-state index in [-0.39, 0.29) is 5.91 Å². The summed E-state index contributed by atoms with van der Waals surface area (Å²) >= 11 is 5.94. The van der Waals surface area contributed by atoms with Crippen LogP contribution in [0.1, 0.15) is 23.3 Å². The first kappa shape index (κ1) is 11.0. The Kier molecular flexibility index (Phi) is 2.80. The number of hydrogen-bond donors (Lipinski definition) is 1. The molecule has 0 aromatic carbocycles. The third-order valence-corrected chi connectivity index (χ3v) is 4.00. The fourth-order valence-electron chi connectivity index (χ4n) is 2.71. The molecule has 0 unspecified atom stereocenters. The van der Waals surface area contributed by atoms with E-state index < -0.39 is 0 Å². The molecular formula is C11H15ClN4O. The van der Waals surface area contributed by atoms with E-state index in [1.54, 1.807) is 6.20 Å². The number of fused-ring (bicyclic) bond motifs is 4. The molecule has 0 aliphatic carbocycles. The van der Waals surface area contributed by atoms with Crippen LogP contribution >= 0.6 is 11.6 Å². The number of nitrogens with zero attached hydrogens (tertiary/aromatic N) is 3. The Morgan fingerprint density at radius 3 is 2.76 bits per heavy atom. The molecule has 3 aliphatic heterocycles. The van der Waals surface area contributed by atoms with Crippen LogP contribution in [0.15, 0.2) is 6.20 Å². The summed E-state index contributed by atoms with van der Waals surface area (Å²) in [6, 6.07) is 0.356. The molecule has 0 radical (unpaired) electrons. The second kappa shape index (κ2) is 4.31. The van der Waals surface area contributed by atoms with Crippen LogP contribution in [0.5, 0.6) is 0 Å².